The van der Waals surface area contributed by atoms with E-state index in [0.29, 0.717) is 24.4 Å². The second-order valence-electron chi connectivity index (χ2n) is 4.41. The minimum atomic E-state index is -0.341. The van der Waals surface area contributed by atoms with E-state index in [0.717, 1.165) is 0 Å². The van der Waals surface area contributed by atoms with Gasteiger partial charge in [0.05, 0.1) is 13.2 Å². The topological polar surface area (TPSA) is 41.6 Å². The highest BCUT2D eigenvalue weighted by molar-refractivity contribution is 5.81. The van der Waals surface area contributed by atoms with Crippen LogP contribution < -0.4 is 10.1 Å². The van der Waals surface area contributed by atoms with E-state index in [1.807, 2.05) is 6.92 Å². The molecular formula is C14H21FN2O2. The van der Waals surface area contributed by atoms with Crippen molar-refractivity contribution < 1.29 is 13.9 Å². The summed E-state index contributed by atoms with van der Waals surface area (Å²) < 4.78 is 18.6. The molecule has 106 valence electrons. The molecule has 1 unspecified atom stereocenters. The van der Waals surface area contributed by atoms with E-state index in [4.69, 9.17) is 4.74 Å². The number of nitrogens with zero attached hydrogens (tertiary/aromatic N) is 1. The van der Waals surface area contributed by atoms with Gasteiger partial charge >= 0.3 is 0 Å². The van der Waals surface area contributed by atoms with Crippen molar-refractivity contribution in [2.24, 2.45) is 0 Å². The minimum absolute atomic E-state index is 0.00331. The molecule has 1 rings (SSSR count). The molecule has 0 aromatic heterocycles. The van der Waals surface area contributed by atoms with Gasteiger partial charge in [0.15, 0.2) is 0 Å². The third kappa shape index (κ3) is 4.21. The van der Waals surface area contributed by atoms with Gasteiger partial charge in [0.1, 0.15) is 11.6 Å². The van der Waals surface area contributed by atoms with Crippen LogP contribution in [0.4, 0.5) is 4.39 Å². The van der Waals surface area contributed by atoms with Gasteiger partial charge in [-0.15, -0.1) is 0 Å². The lowest BCUT2D eigenvalue weighted by atomic mass is 10.2. The Kier molecular flexibility index (Phi) is 5.76. The zero-order valence-corrected chi connectivity index (χ0v) is 11.9. The summed E-state index contributed by atoms with van der Waals surface area (Å²) in [4.78, 5) is 13.5. The summed E-state index contributed by atoms with van der Waals surface area (Å²) in [6.45, 7) is 4.64. The molecule has 0 aliphatic heterocycles. The highest BCUT2D eigenvalue weighted by Gasteiger charge is 2.16. The van der Waals surface area contributed by atoms with Crippen molar-refractivity contribution >= 4 is 5.91 Å². The molecule has 0 spiro atoms. The van der Waals surface area contributed by atoms with Crippen LogP contribution in [0.25, 0.3) is 0 Å². The van der Waals surface area contributed by atoms with Crippen LogP contribution in [0.3, 0.4) is 0 Å². The van der Waals surface area contributed by atoms with Gasteiger partial charge in [-0.2, -0.15) is 0 Å². The van der Waals surface area contributed by atoms with Crippen LogP contribution in [-0.4, -0.2) is 37.6 Å². The maximum absolute atomic E-state index is 13.7. The van der Waals surface area contributed by atoms with Gasteiger partial charge in [0.25, 0.3) is 0 Å². The Bertz CT molecular complexity index is 437. The number of halogens is 1. The average molecular weight is 268 g/mol. The lowest BCUT2D eigenvalue weighted by Crippen LogP contribution is -2.42. The van der Waals surface area contributed by atoms with Crippen LogP contribution in [0.1, 0.15) is 19.4 Å². The average Bonchev–Trinajstić information content (AvgIpc) is 2.43. The summed E-state index contributed by atoms with van der Waals surface area (Å²) in [5.41, 5.74) is 0.514. The largest absolute Gasteiger partial charge is 0.497 e. The fraction of sp³-hybridized carbons (Fsp3) is 0.500. The first-order valence-corrected chi connectivity index (χ1v) is 6.30. The summed E-state index contributed by atoms with van der Waals surface area (Å²) in [6.07, 6.45) is 0. The molecule has 1 N–H and O–H groups in total. The summed E-state index contributed by atoms with van der Waals surface area (Å²) in [7, 11) is 3.24. The molecule has 5 heteroatoms. The number of amides is 1. The number of nitrogens with one attached hydrogen (secondary N) is 1. The maximum atomic E-state index is 13.7. The van der Waals surface area contributed by atoms with Crippen molar-refractivity contribution in [2.75, 3.05) is 20.7 Å². The maximum Gasteiger partial charge on any atom is 0.239 e. The minimum Gasteiger partial charge on any atom is -0.497 e. The Balaban J connectivity index is 2.59. The first-order valence-electron chi connectivity index (χ1n) is 6.30. The molecular weight excluding hydrogens is 247 g/mol. The van der Waals surface area contributed by atoms with Crippen molar-refractivity contribution in [3.05, 3.63) is 29.6 Å². The number of hydrogen-bond donors (Lipinski definition) is 1. The lowest BCUT2D eigenvalue weighted by Gasteiger charge is -2.20. The molecule has 0 radical (unpaired) electrons. The molecule has 0 saturated carbocycles. The summed E-state index contributed by atoms with van der Waals surface area (Å²) in [5.74, 6) is 0.142. The first kappa shape index (κ1) is 15.4. The molecule has 1 atom stereocenters. The first-order chi connectivity index (χ1) is 8.99. The molecule has 0 aliphatic carbocycles. The third-order valence-electron chi connectivity index (χ3n) is 3.08. The predicted octanol–water partition coefficient (Wildman–Crippen LogP) is 1.79. The van der Waals surface area contributed by atoms with Gasteiger partial charge in [-0.3, -0.25) is 4.79 Å². The summed E-state index contributed by atoms with van der Waals surface area (Å²) >= 11 is 0. The second kappa shape index (κ2) is 7.09. The summed E-state index contributed by atoms with van der Waals surface area (Å²) in [6, 6.07) is 4.35. The lowest BCUT2D eigenvalue weighted by molar-refractivity contribution is -0.131. The van der Waals surface area contributed by atoms with Crippen LogP contribution >= 0.6 is 0 Å². The SMILES string of the molecule is CCN(C)C(=O)C(C)NCc1ccc(OC)cc1F. The quantitative estimate of drug-likeness (QED) is 0.855. The Labute approximate surface area is 113 Å². The van der Waals surface area contributed by atoms with Gasteiger partial charge in [0, 0.05) is 31.8 Å². The van der Waals surface area contributed by atoms with E-state index in [9.17, 15) is 9.18 Å². The van der Waals surface area contributed by atoms with Crippen molar-refractivity contribution in [1.29, 1.82) is 0 Å². The smallest absolute Gasteiger partial charge is 0.239 e. The van der Waals surface area contributed by atoms with Crippen molar-refractivity contribution in [3.8, 4) is 5.75 Å². The van der Waals surface area contributed by atoms with E-state index in [-0.39, 0.29) is 17.8 Å². The van der Waals surface area contributed by atoms with E-state index in [1.165, 1.54) is 13.2 Å². The number of methoxy groups -OCH3 is 1. The van der Waals surface area contributed by atoms with Crippen LogP contribution in [0.5, 0.6) is 5.75 Å². The van der Waals surface area contributed by atoms with Crippen LogP contribution in [-0.2, 0) is 11.3 Å². The monoisotopic (exact) mass is 268 g/mol. The van der Waals surface area contributed by atoms with Gasteiger partial charge in [-0.1, -0.05) is 6.07 Å². The highest BCUT2D eigenvalue weighted by atomic mass is 19.1. The fourth-order valence-electron chi connectivity index (χ4n) is 1.64. The fourth-order valence-corrected chi connectivity index (χ4v) is 1.64. The molecule has 4 nitrogen and oxygen atoms in total. The molecule has 0 saturated heterocycles. The molecule has 0 bridgehead atoms. The Morgan fingerprint density at radius 1 is 1.53 bits per heavy atom. The number of hydrogen-bond acceptors (Lipinski definition) is 3. The zero-order valence-electron chi connectivity index (χ0n) is 11.9. The Morgan fingerprint density at radius 3 is 2.74 bits per heavy atom. The van der Waals surface area contributed by atoms with Gasteiger partial charge in [-0.25, -0.2) is 4.39 Å². The van der Waals surface area contributed by atoms with Gasteiger partial charge in [0.2, 0.25) is 5.91 Å². The zero-order chi connectivity index (χ0) is 14.4. The number of ether oxygens (including phenoxy) is 1. The number of rotatable bonds is 6. The highest BCUT2D eigenvalue weighted by Crippen LogP contribution is 2.16. The Morgan fingerprint density at radius 2 is 2.21 bits per heavy atom. The van der Waals surface area contributed by atoms with E-state index in [2.05, 4.69) is 5.32 Å². The normalized spacial score (nSPS) is 12.1. The van der Waals surface area contributed by atoms with Crippen LogP contribution in [0.2, 0.25) is 0 Å². The molecule has 1 aromatic rings. The van der Waals surface area contributed by atoms with Crippen molar-refractivity contribution in [3.63, 3.8) is 0 Å². The van der Waals surface area contributed by atoms with Gasteiger partial charge < -0.3 is 15.0 Å². The molecule has 0 fully saturated rings. The predicted molar refractivity (Wildman–Crippen MR) is 72.6 cm³/mol. The third-order valence-corrected chi connectivity index (χ3v) is 3.08. The Hall–Kier alpha value is -1.62. The van der Waals surface area contributed by atoms with Crippen LogP contribution in [0.15, 0.2) is 18.2 Å². The van der Waals surface area contributed by atoms with E-state index in [1.54, 1.807) is 31.0 Å². The molecule has 0 aliphatic rings. The van der Waals surface area contributed by atoms with E-state index >= 15 is 0 Å². The number of carbonyl (C=O) groups is 1. The molecule has 0 heterocycles. The van der Waals surface area contributed by atoms with Crippen LogP contribution in [0, 0.1) is 5.82 Å². The van der Waals surface area contributed by atoms with Gasteiger partial charge in [-0.05, 0) is 19.9 Å². The summed E-state index contributed by atoms with van der Waals surface area (Å²) in [5, 5.41) is 3.02. The molecule has 19 heavy (non-hydrogen) atoms. The second-order valence-corrected chi connectivity index (χ2v) is 4.41. The molecule has 1 amide bonds. The van der Waals surface area contributed by atoms with E-state index < -0.39 is 0 Å². The number of likely N-dealkylation sites (N-methyl/N-ethyl adjacent to an activating group) is 1. The van der Waals surface area contributed by atoms with Crippen molar-refractivity contribution in [2.45, 2.75) is 26.4 Å². The number of benzene rings is 1. The molecule has 1 aromatic carbocycles. The van der Waals surface area contributed by atoms with Crippen molar-refractivity contribution in [1.82, 2.24) is 10.2 Å². The number of carbonyl (C=O) groups excluding carboxylic acids is 1. The standard InChI is InChI=1S/C14H21FN2O2/c1-5-17(3)14(18)10(2)16-9-11-6-7-12(19-4)8-13(11)15/h6-8,10,16H,5,9H2,1-4H3.